The summed E-state index contributed by atoms with van der Waals surface area (Å²) in [6, 6.07) is 0.812. The average Bonchev–Trinajstić information content (AvgIpc) is 2.49. The summed E-state index contributed by atoms with van der Waals surface area (Å²) in [5.41, 5.74) is 6.44. The summed E-state index contributed by atoms with van der Waals surface area (Å²) >= 11 is 0. The van der Waals surface area contributed by atoms with Crippen LogP contribution < -0.4 is 5.73 Å². The fraction of sp³-hybridized carbons (Fsp3) is 1.00. The molecule has 0 radical (unpaired) electrons. The molecule has 0 bridgehead atoms. The van der Waals surface area contributed by atoms with Crippen LogP contribution in [0.4, 0.5) is 0 Å². The molecular weight excluding hydrogens is 210 g/mol. The summed E-state index contributed by atoms with van der Waals surface area (Å²) in [6.45, 7) is 6.78. The Kier molecular flexibility index (Phi) is 4.45. The van der Waals surface area contributed by atoms with E-state index in [2.05, 4.69) is 23.8 Å². The Morgan fingerprint density at radius 1 is 1.24 bits per heavy atom. The van der Waals surface area contributed by atoms with E-state index in [-0.39, 0.29) is 5.54 Å². The van der Waals surface area contributed by atoms with Gasteiger partial charge in [0.15, 0.2) is 0 Å². The lowest BCUT2D eigenvalue weighted by molar-refractivity contribution is 0.0276. The standard InChI is InChI=1S/C14H29N3/c1-3-17-10-5-8-14(12-15,9-11-17)16(2)13-6-4-7-13/h13H,3-12,15H2,1-2H3. The van der Waals surface area contributed by atoms with Crippen molar-refractivity contribution in [2.45, 2.75) is 57.0 Å². The molecule has 0 spiro atoms. The van der Waals surface area contributed by atoms with Crippen molar-refractivity contribution in [3.05, 3.63) is 0 Å². The molecule has 0 aromatic carbocycles. The third-order valence-electron chi connectivity index (χ3n) is 5.21. The monoisotopic (exact) mass is 239 g/mol. The van der Waals surface area contributed by atoms with Crippen LogP contribution in [0, 0.1) is 0 Å². The fourth-order valence-electron chi connectivity index (χ4n) is 3.41. The Balaban J connectivity index is 2.01. The van der Waals surface area contributed by atoms with Crippen LogP contribution in [0.3, 0.4) is 0 Å². The number of likely N-dealkylation sites (tertiary alicyclic amines) is 1. The van der Waals surface area contributed by atoms with Crippen LogP contribution in [-0.2, 0) is 0 Å². The molecule has 0 amide bonds. The zero-order chi connectivity index (χ0) is 12.3. The maximum atomic E-state index is 6.15. The fourth-order valence-corrected chi connectivity index (χ4v) is 3.41. The maximum Gasteiger partial charge on any atom is 0.0344 e. The number of nitrogens with zero attached hydrogens (tertiary/aromatic N) is 2. The van der Waals surface area contributed by atoms with Crippen LogP contribution in [0.1, 0.15) is 45.4 Å². The van der Waals surface area contributed by atoms with Gasteiger partial charge in [-0.2, -0.15) is 0 Å². The first-order chi connectivity index (χ1) is 8.22. The summed E-state index contributed by atoms with van der Waals surface area (Å²) in [6.07, 6.45) is 8.03. The Morgan fingerprint density at radius 2 is 2.00 bits per heavy atom. The first-order valence-corrected chi connectivity index (χ1v) is 7.37. The van der Waals surface area contributed by atoms with E-state index in [1.165, 1.54) is 58.2 Å². The van der Waals surface area contributed by atoms with Gasteiger partial charge in [-0.05, 0) is 58.8 Å². The first kappa shape index (κ1) is 13.3. The van der Waals surface area contributed by atoms with E-state index < -0.39 is 0 Å². The molecule has 3 nitrogen and oxygen atoms in total. The van der Waals surface area contributed by atoms with Crippen molar-refractivity contribution in [1.29, 1.82) is 0 Å². The van der Waals surface area contributed by atoms with E-state index in [9.17, 15) is 0 Å². The molecule has 100 valence electrons. The summed E-state index contributed by atoms with van der Waals surface area (Å²) in [5.74, 6) is 0. The Labute approximate surface area is 106 Å². The highest BCUT2D eigenvalue weighted by molar-refractivity contribution is 4.97. The van der Waals surface area contributed by atoms with Crippen molar-refractivity contribution in [3.8, 4) is 0 Å². The van der Waals surface area contributed by atoms with E-state index in [4.69, 9.17) is 5.73 Å². The van der Waals surface area contributed by atoms with E-state index in [0.717, 1.165) is 12.6 Å². The van der Waals surface area contributed by atoms with Crippen molar-refractivity contribution >= 4 is 0 Å². The molecule has 2 fully saturated rings. The minimum absolute atomic E-state index is 0.287. The van der Waals surface area contributed by atoms with Crippen LogP contribution in [0.15, 0.2) is 0 Å². The van der Waals surface area contributed by atoms with Crippen LogP contribution in [0.2, 0.25) is 0 Å². The van der Waals surface area contributed by atoms with Crippen LogP contribution in [-0.4, -0.2) is 54.6 Å². The first-order valence-electron chi connectivity index (χ1n) is 7.37. The van der Waals surface area contributed by atoms with E-state index in [1.54, 1.807) is 0 Å². The smallest absolute Gasteiger partial charge is 0.0344 e. The SMILES string of the molecule is CCN1CCCC(CN)(N(C)C2CCC2)CC1. The van der Waals surface area contributed by atoms with E-state index in [1.807, 2.05) is 0 Å². The van der Waals surface area contributed by atoms with Crippen LogP contribution in [0.25, 0.3) is 0 Å². The number of hydrogen-bond donors (Lipinski definition) is 1. The molecule has 2 N–H and O–H groups in total. The molecule has 1 saturated heterocycles. The van der Waals surface area contributed by atoms with Gasteiger partial charge in [0.1, 0.15) is 0 Å². The lowest BCUT2D eigenvalue weighted by atomic mass is 9.82. The predicted molar refractivity (Wildman–Crippen MR) is 73.2 cm³/mol. The van der Waals surface area contributed by atoms with Crippen molar-refractivity contribution in [2.75, 3.05) is 33.2 Å². The third kappa shape index (κ3) is 2.67. The molecule has 1 aliphatic heterocycles. The molecule has 17 heavy (non-hydrogen) atoms. The summed E-state index contributed by atoms with van der Waals surface area (Å²) in [7, 11) is 2.32. The number of nitrogens with two attached hydrogens (primary N) is 1. The molecule has 1 saturated carbocycles. The molecule has 0 aromatic heterocycles. The zero-order valence-corrected chi connectivity index (χ0v) is 11.6. The second-order valence-corrected chi connectivity index (χ2v) is 5.91. The van der Waals surface area contributed by atoms with Gasteiger partial charge in [-0.1, -0.05) is 13.3 Å². The molecule has 1 aliphatic carbocycles. The minimum atomic E-state index is 0.287. The predicted octanol–water partition coefficient (Wildman–Crippen LogP) is 1.67. The molecule has 0 aromatic rings. The molecule has 2 rings (SSSR count). The number of hydrogen-bond acceptors (Lipinski definition) is 3. The minimum Gasteiger partial charge on any atom is -0.329 e. The second-order valence-electron chi connectivity index (χ2n) is 5.91. The van der Waals surface area contributed by atoms with Gasteiger partial charge in [-0.25, -0.2) is 0 Å². The van der Waals surface area contributed by atoms with Crippen molar-refractivity contribution in [2.24, 2.45) is 5.73 Å². The van der Waals surface area contributed by atoms with Gasteiger partial charge in [-0.15, -0.1) is 0 Å². The third-order valence-corrected chi connectivity index (χ3v) is 5.21. The molecular formula is C14H29N3. The highest BCUT2D eigenvalue weighted by atomic mass is 15.2. The largest absolute Gasteiger partial charge is 0.329 e. The Morgan fingerprint density at radius 3 is 2.53 bits per heavy atom. The summed E-state index contributed by atoms with van der Waals surface area (Å²) in [4.78, 5) is 5.21. The lowest BCUT2D eigenvalue weighted by Gasteiger charge is -2.48. The summed E-state index contributed by atoms with van der Waals surface area (Å²) < 4.78 is 0. The van der Waals surface area contributed by atoms with E-state index >= 15 is 0 Å². The second kappa shape index (κ2) is 5.68. The molecule has 3 heteroatoms. The van der Waals surface area contributed by atoms with Gasteiger partial charge in [0.25, 0.3) is 0 Å². The number of likely N-dealkylation sites (N-methyl/N-ethyl adjacent to an activating group) is 1. The lowest BCUT2D eigenvalue weighted by Crippen LogP contribution is -2.57. The van der Waals surface area contributed by atoms with Crippen molar-refractivity contribution in [3.63, 3.8) is 0 Å². The van der Waals surface area contributed by atoms with Gasteiger partial charge in [0.2, 0.25) is 0 Å². The molecule has 1 atom stereocenters. The molecule has 1 unspecified atom stereocenters. The van der Waals surface area contributed by atoms with Gasteiger partial charge in [0.05, 0.1) is 0 Å². The van der Waals surface area contributed by atoms with Gasteiger partial charge < -0.3 is 10.6 Å². The topological polar surface area (TPSA) is 32.5 Å². The van der Waals surface area contributed by atoms with Gasteiger partial charge >= 0.3 is 0 Å². The van der Waals surface area contributed by atoms with Gasteiger partial charge in [0, 0.05) is 18.1 Å². The van der Waals surface area contributed by atoms with E-state index in [0.29, 0.717) is 0 Å². The normalized spacial score (nSPS) is 32.5. The molecule has 2 aliphatic rings. The highest BCUT2D eigenvalue weighted by Crippen LogP contribution is 2.34. The van der Waals surface area contributed by atoms with Crippen LogP contribution >= 0.6 is 0 Å². The number of rotatable bonds is 4. The Hall–Kier alpha value is -0.120. The van der Waals surface area contributed by atoms with Crippen molar-refractivity contribution < 1.29 is 0 Å². The van der Waals surface area contributed by atoms with Crippen LogP contribution in [0.5, 0.6) is 0 Å². The van der Waals surface area contributed by atoms with Crippen molar-refractivity contribution in [1.82, 2.24) is 9.80 Å². The highest BCUT2D eigenvalue weighted by Gasteiger charge is 2.39. The summed E-state index contributed by atoms with van der Waals surface area (Å²) in [5, 5.41) is 0. The zero-order valence-electron chi connectivity index (χ0n) is 11.6. The molecule has 1 heterocycles. The quantitative estimate of drug-likeness (QED) is 0.810. The maximum absolute atomic E-state index is 6.15. The van der Waals surface area contributed by atoms with Gasteiger partial charge in [-0.3, -0.25) is 4.90 Å². The average molecular weight is 239 g/mol. The Bertz CT molecular complexity index is 240.